The van der Waals surface area contributed by atoms with Gasteiger partial charge in [0.15, 0.2) is 0 Å². The lowest BCUT2D eigenvalue weighted by Gasteiger charge is -2.18. The summed E-state index contributed by atoms with van der Waals surface area (Å²) in [5, 5.41) is 14.6. The van der Waals surface area contributed by atoms with Gasteiger partial charge in [0.25, 0.3) is 0 Å². The van der Waals surface area contributed by atoms with Crippen molar-refractivity contribution in [3.63, 3.8) is 0 Å². The van der Waals surface area contributed by atoms with E-state index in [0.29, 0.717) is 12.2 Å². The van der Waals surface area contributed by atoms with E-state index in [4.69, 9.17) is 4.74 Å². The second kappa shape index (κ2) is 8.97. The summed E-state index contributed by atoms with van der Waals surface area (Å²) in [5.74, 6) is -1.73. The summed E-state index contributed by atoms with van der Waals surface area (Å²) in [6.07, 6.45) is 0.738. The maximum Gasteiger partial charge on any atom is 0.315 e. The minimum absolute atomic E-state index is 0.0363. The molecule has 1 aromatic carbocycles. The number of carbonyl (C=O) groups excluding carboxylic acids is 1. The van der Waals surface area contributed by atoms with Crippen LogP contribution in [0.1, 0.15) is 24.8 Å². The normalized spacial score (nSPS) is 13.2. The van der Waals surface area contributed by atoms with Crippen LogP contribution in [-0.2, 0) is 9.53 Å². The van der Waals surface area contributed by atoms with E-state index in [1.807, 2.05) is 13.0 Å². The Balaban J connectivity index is 2.54. The van der Waals surface area contributed by atoms with Gasteiger partial charge in [-0.05, 0) is 12.0 Å². The molecule has 2 unspecified atom stereocenters. The molecule has 0 saturated carbocycles. The number of ether oxygens (including phenoxy) is 1. The van der Waals surface area contributed by atoms with Gasteiger partial charge in [-0.25, -0.2) is 4.79 Å². The number of amides is 2. The topological polar surface area (TPSA) is 87.7 Å². The van der Waals surface area contributed by atoms with Crippen LogP contribution in [0.25, 0.3) is 0 Å². The molecule has 1 rings (SSSR count). The Bertz CT molecular complexity index is 450. The number of rotatable bonds is 8. The second-order valence-corrected chi connectivity index (χ2v) is 4.72. The monoisotopic (exact) mass is 294 g/mol. The number of urea groups is 1. The van der Waals surface area contributed by atoms with E-state index in [0.717, 1.165) is 6.42 Å². The zero-order valence-corrected chi connectivity index (χ0v) is 12.3. The van der Waals surface area contributed by atoms with Gasteiger partial charge in [-0.2, -0.15) is 0 Å². The van der Waals surface area contributed by atoms with Gasteiger partial charge in [-0.1, -0.05) is 37.3 Å². The minimum atomic E-state index is -0.967. The maximum atomic E-state index is 11.8. The highest BCUT2D eigenvalue weighted by Crippen LogP contribution is 2.14. The Kier molecular flexibility index (Phi) is 7.25. The van der Waals surface area contributed by atoms with E-state index in [1.165, 1.54) is 0 Å². The third-order valence-electron chi connectivity index (χ3n) is 3.16. The first-order valence-corrected chi connectivity index (χ1v) is 6.89. The molecule has 6 nitrogen and oxygen atoms in total. The summed E-state index contributed by atoms with van der Waals surface area (Å²) in [7, 11) is 1.57. The van der Waals surface area contributed by atoms with Crippen LogP contribution in [0.15, 0.2) is 30.3 Å². The summed E-state index contributed by atoms with van der Waals surface area (Å²) in [6.45, 7) is 2.40. The molecule has 6 heteroatoms. The van der Waals surface area contributed by atoms with Crippen molar-refractivity contribution < 1.29 is 19.4 Å². The molecule has 0 aliphatic heterocycles. The molecular weight excluding hydrogens is 272 g/mol. The number of aliphatic carboxylic acids is 1. The number of benzene rings is 1. The van der Waals surface area contributed by atoms with Crippen molar-refractivity contribution in [3.8, 4) is 0 Å². The van der Waals surface area contributed by atoms with E-state index < -0.39 is 11.9 Å². The number of methoxy groups -OCH3 is 1. The van der Waals surface area contributed by atoms with Crippen molar-refractivity contribution in [2.45, 2.75) is 25.3 Å². The lowest BCUT2D eigenvalue weighted by molar-refractivity contribution is -0.138. The first-order chi connectivity index (χ1) is 10.1. The van der Waals surface area contributed by atoms with Gasteiger partial charge < -0.3 is 20.5 Å². The molecule has 0 radical (unpaired) electrons. The predicted octanol–water partition coefficient (Wildman–Crippen LogP) is 1.58. The fraction of sp³-hybridized carbons (Fsp3) is 0.467. The molecular formula is C15H22N2O4. The third-order valence-corrected chi connectivity index (χ3v) is 3.16. The van der Waals surface area contributed by atoms with Crippen molar-refractivity contribution in [2.24, 2.45) is 0 Å². The number of carboxylic acid groups (broad SMARTS) is 1. The summed E-state index contributed by atoms with van der Waals surface area (Å²) in [6, 6.07) is 8.36. The maximum absolute atomic E-state index is 11.8. The molecule has 0 heterocycles. The molecule has 1 aromatic rings. The molecule has 21 heavy (non-hydrogen) atoms. The Morgan fingerprint density at radius 3 is 2.48 bits per heavy atom. The summed E-state index contributed by atoms with van der Waals surface area (Å²) >= 11 is 0. The Morgan fingerprint density at radius 2 is 1.95 bits per heavy atom. The quantitative estimate of drug-likeness (QED) is 0.679. The highest BCUT2D eigenvalue weighted by Gasteiger charge is 2.20. The van der Waals surface area contributed by atoms with Gasteiger partial charge in [0, 0.05) is 13.7 Å². The fourth-order valence-electron chi connectivity index (χ4n) is 1.93. The summed E-state index contributed by atoms with van der Waals surface area (Å²) < 4.78 is 4.99. The zero-order valence-electron chi connectivity index (χ0n) is 12.3. The summed E-state index contributed by atoms with van der Waals surface area (Å²) in [5.41, 5.74) is 0.661. The van der Waals surface area contributed by atoms with E-state index >= 15 is 0 Å². The van der Waals surface area contributed by atoms with E-state index in [-0.39, 0.29) is 18.6 Å². The lowest BCUT2D eigenvalue weighted by atomic mass is 9.99. The number of carbonyl (C=O) groups is 2. The number of carboxylic acids is 1. The van der Waals surface area contributed by atoms with Crippen LogP contribution >= 0.6 is 0 Å². The molecule has 0 saturated heterocycles. The van der Waals surface area contributed by atoms with Crippen LogP contribution in [0.2, 0.25) is 0 Å². The van der Waals surface area contributed by atoms with Crippen LogP contribution in [-0.4, -0.2) is 43.4 Å². The van der Waals surface area contributed by atoms with Crippen LogP contribution in [0, 0.1) is 0 Å². The van der Waals surface area contributed by atoms with Crippen LogP contribution in [0.4, 0.5) is 4.79 Å². The van der Waals surface area contributed by atoms with Gasteiger partial charge in [0.2, 0.25) is 0 Å². The molecule has 0 spiro atoms. The molecule has 0 fully saturated rings. The standard InChI is InChI=1S/C15H22N2O4/c1-3-12(10-21-2)17-15(20)16-9-13(14(18)19)11-7-5-4-6-8-11/h4-8,12-13H,3,9-10H2,1-2H3,(H,18,19)(H2,16,17,20). The minimum Gasteiger partial charge on any atom is -0.481 e. The Hall–Kier alpha value is -2.08. The van der Waals surface area contributed by atoms with Crippen LogP contribution < -0.4 is 10.6 Å². The van der Waals surface area contributed by atoms with Crippen molar-refractivity contribution in [2.75, 3.05) is 20.3 Å². The number of hydrogen-bond acceptors (Lipinski definition) is 3. The molecule has 116 valence electrons. The van der Waals surface area contributed by atoms with Gasteiger partial charge in [-0.3, -0.25) is 4.79 Å². The molecule has 2 atom stereocenters. The smallest absolute Gasteiger partial charge is 0.315 e. The number of nitrogens with one attached hydrogen (secondary N) is 2. The highest BCUT2D eigenvalue weighted by atomic mass is 16.5. The van der Waals surface area contributed by atoms with Crippen LogP contribution in [0.3, 0.4) is 0 Å². The molecule has 0 bridgehead atoms. The first kappa shape index (κ1) is 17.0. The van der Waals surface area contributed by atoms with Crippen molar-refractivity contribution in [1.82, 2.24) is 10.6 Å². The first-order valence-electron chi connectivity index (χ1n) is 6.89. The third kappa shape index (κ3) is 5.83. The van der Waals surface area contributed by atoms with Crippen molar-refractivity contribution in [3.05, 3.63) is 35.9 Å². The van der Waals surface area contributed by atoms with Gasteiger partial charge in [-0.15, -0.1) is 0 Å². The van der Waals surface area contributed by atoms with E-state index in [1.54, 1.807) is 31.4 Å². The van der Waals surface area contributed by atoms with E-state index in [2.05, 4.69) is 10.6 Å². The number of hydrogen-bond donors (Lipinski definition) is 3. The van der Waals surface area contributed by atoms with Crippen molar-refractivity contribution in [1.29, 1.82) is 0 Å². The van der Waals surface area contributed by atoms with Gasteiger partial charge in [0.05, 0.1) is 18.6 Å². The molecule has 0 aliphatic rings. The molecule has 0 aliphatic carbocycles. The fourth-order valence-corrected chi connectivity index (χ4v) is 1.93. The lowest BCUT2D eigenvalue weighted by Crippen LogP contribution is -2.45. The predicted molar refractivity (Wildman–Crippen MR) is 79.3 cm³/mol. The molecule has 3 N–H and O–H groups in total. The highest BCUT2D eigenvalue weighted by molar-refractivity contribution is 5.79. The van der Waals surface area contributed by atoms with E-state index in [9.17, 15) is 14.7 Å². The van der Waals surface area contributed by atoms with Crippen LogP contribution in [0.5, 0.6) is 0 Å². The average molecular weight is 294 g/mol. The Morgan fingerprint density at radius 1 is 1.29 bits per heavy atom. The molecule has 0 aromatic heterocycles. The van der Waals surface area contributed by atoms with Crippen molar-refractivity contribution >= 4 is 12.0 Å². The zero-order chi connectivity index (χ0) is 15.7. The largest absolute Gasteiger partial charge is 0.481 e. The Labute approximate surface area is 124 Å². The van der Waals surface area contributed by atoms with Gasteiger partial charge >= 0.3 is 12.0 Å². The molecule has 2 amide bonds. The second-order valence-electron chi connectivity index (χ2n) is 4.72. The average Bonchev–Trinajstić information content (AvgIpc) is 2.47. The SMILES string of the molecule is CCC(COC)NC(=O)NCC(C(=O)O)c1ccccc1. The van der Waals surface area contributed by atoms with Gasteiger partial charge in [0.1, 0.15) is 0 Å². The summed E-state index contributed by atoms with van der Waals surface area (Å²) in [4.78, 5) is 23.1.